The molecule has 0 heterocycles. The summed E-state index contributed by atoms with van der Waals surface area (Å²) < 4.78 is 5.80. The summed E-state index contributed by atoms with van der Waals surface area (Å²) >= 11 is 9.40. The second kappa shape index (κ2) is 6.87. The number of anilines is 1. The molecule has 0 radical (unpaired) electrons. The zero-order valence-corrected chi connectivity index (χ0v) is 12.1. The summed E-state index contributed by atoms with van der Waals surface area (Å²) in [6, 6.07) is 5.55. The van der Waals surface area contributed by atoms with E-state index in [1.54, 1.807) is 13.0 Å². The Hall–Kier alpha value is -0.740. The topological polar surface area (TPSA) is 38.3 Å². The molecule has 0 bridgehead atoms. The van der Waals surface area contributed by atoms with Crippen LogP contribution in [0.2, 0.25) is 5.02 Å². The zero-order valence-electron chi connectivity index (χ0n) is 9.80. The lowest BCUT2D eigenvalue weighted by atomic mass is 10.2. The van der Waals surface area contributed by atoms with Gasteiger partial charge in [0, 0.05) is 10.5 Å². The van der Waals surface area contributed by atoms with Crippen molar-refractivity contribution in [2.45, 2.75) is 26.3 Å². The number of hydrogen-bond acceptors (Lipinski definition) is 3. The first-order valence-electron chi connectivity index (χ1n) is 5.40. The van der Waals surface area contributed by atoms with Crippen molar-refractivity contribution in [1.82, 2.24) is 0 Å². The van der Waals surface area contributed by atoms with Gasteiger partial charge in [0.15, 0.2) is 0 Å². The van der Waals surface area contributed by atoms with Gasteiger partial charge in [0.05, 0.1) is 23.7 Å². The van der Waals surface area contributed by atoms with E-state index >= 15 is 0 Å². The van der Waals surface area contributed by atoms with Gasteiger partial charge >= 0.3 is 5.97 Å². The Bertz CT molecular complexity index is 398. The maximum absolute atomic E-state index is 11.3. The molecule has 0 aliphatic rings. The van der Waals surface area contributed by atoms with Gasteiger partial charge in [0.2, 0.25) is 0 Å². The van der Waals surface area contributed by atoms with Crippen LogP contribution in [-0.2, 0) is 9.53 Å². The molecule has 94 valence electrons. The van der Waals surface area contributed by atoms with Crippen molar-refractivity contribution in [2.75, 3.05) is 11.9 Å². The Morgan fingerprint density at radius 1 is 1.59 bits per heavy atom. The smallest absolute Gasteiger partial charge is 0.307 e. The fraction of sp³-hybridized carbons (Fsp3) is 0.417. The molecule has 1 unspecified atom stereocenters. The van der Waals surface area contributed by atoms with Crippen LogP contribution in [0.3, 0.4) is 0 Å². The standard InChI is InChI=1S/C12H15BrClNO2/c1-3-17-12(16)6-8(2)15-11-5-4-9(13)7-10(11)14/h4-5,7-8,15H,3,6H2,1-2H3. The first-order chi connectivity index (χ1) is 8.02. The number of halogens is 2. The number of esters is 1. The number of nitrogens with one attached hydrogen (secondary N) is 1. The molecule has 1 rings (SSSR count). The minimum Gasteiger partial charge on any atom is -0.466 e. The van der Waals surface area contributed by atoms with Gasteiger partial charge in [0.25, 0.3) is 0 Å². The Morgan fingerprint density at radius 2 is 2.29 bits per heavy atom. The number of carbonyl (C=O) groups excluding carboxylic acids is 1. The highest BCUT2D eigenvalue weighted by atomic mass is 79.9. The maximum atomic E-state index is 11.3. The van der Waals surface area contributed by atoms with Crippen molar-refractivity contribution < 1.29 is 9.53 Å². The molecule has 3 nitrogen and oxygen atoms in total. The SMILES string of the molecule is CCOC(=O)CC(C)Nc1ccc(Br)cc1Cl. The van der Waals surface area contributed by atoms with Crippen LogP contribution >= 0.6 is 27.5 Å². The summed E-state index contributed by atoms with van der Waals surface area (Å²) in [5.41, 5.74) is 0.812. The van der Waals surface area contributed by atoms with E-state index in [-0.39, 0.29) is 12.0 Å². The first-order valence-corrected chi connectivity index (χ1v) is 6.57. The zero-order chi connectivity index (χ0) is 12.8. The van der Waals surface area contributed by atoms with Gasteiger partial charge in [-0.15, -0.1) is 0 Å². The monoisotopic (exact) mass is 319 g/mol. The highest BCUT2D eigenvalue weighted by molar-refractivity contribution is 9.10. The van der Waals surface area contributed by atoms with Gasteiger partial charge < -0.3 is 10.1 Å². The molecule has 0 amide bonds. The molecule has 17 heavy (non-hydrogen) atoms. The Balaban J connectivity index is 2.55. The number of hydrogen-bond donors (Lipinski definition) is 1. The molecule has 0 saturated carbocycles. The van der Waals surface area contributed by atoms with Crippen molar-refractivity contribution in [1.29, 1.82) is 0 Å². The fourth-order valence-corrected chi connectivity index (χ4v) is 2.12. The Morgan fingerprint density at radius 3 is 2.88 bits per heavy atom. The second-order valence-electron chi connectivity index (χ2n) is 3.68. The number of rotatable bonds is 5. The summed E-state index contributed by atoms with van der Waals surface area (Å²) in [4.78, 5) is 11.3. The Kier molecular flexibility index (Phi) is 5.78. The molecule has 1 aromatic carbocycles. The third-order valence-corrected chi connectivity index (χ3v) is 2.92. The van der Waals surface area contributed by atoms with Crippen molar-refractivity contribution in [2.24, 2.45) is 0 Å². The minimum absolute atomic E-state index is 0.0206. The van der Waals surface area contributed by atoms with E-state index in [1.807, 2.05) is 19.1 Å². The third-order valence-electron chi connectivity index (χ3n) is 2.11. The van der Waals surface area contributed by atoms with Crippen LogP contribution in [0.15, 0.2) is 22.7 Å². The largest absolute Gasteiger partial charge is 0.466 e. The van der Waals surface area contributed by atoms with E-state index in [4.69, 9.17) is 16.3 Å². The van der Waals surface area contributed by atoms with Gasteiger partial charge in [-0.3, -0.25) is 4.79 Å². The lowest BCUT2D eigenvalue weighted by Gasteiger charge is -2.15. The van der Waals surface area contributed by atoms with Crippen LogP contribution in [0.1, 0.15) is 20.3 Å². The molecular formula is C12H15BrClNO2. The predicted molar refractivity (Wildman–Crippen MR) is 73.5 cm³/mol. The van der Waals surface area contributed by atoms with Gasteiger partial charge in [-0.25, -0.2) is 0 Å². The van der Waals surface area contributed by atoms with Gasteiger partial charge in [0.1, 0.15) is 0 Å². The van der Waals surface area contributed by atoms with Crippen molar-refractivity contribution in [3.05, 3.63) is 27.7 Å². The maximum Gasteiger partial charge on any atom is 0.307 e. The average Bonchev–Trinajstić information content (AvgIpc) is 2.22. The molecule has 0 aliphatic heterocycles. The van der Waals surface area contributed by atoms with Crippen LogP contribution in [0.25, 0.3) is 0 Å². The quantitative estimate of drug-likeness (QED) is 0.837. The van der Waals surface area contributed by atoms with E-state index in [0.29, 0.717) is 18.1 Å². The highest BCUT2D eigenvalue weighted by Gasteiger charge is 2.11. The predicted octanol–water partition coefficient (Wildman–Crippen LogP) is 3.86. The lowest BCUT2D eigenvalue weighted by molar-refractivity contribution is -0.143. The molecular weight excluding hydrogens is 305 g/mol. The van der Waals surface area contributed by atoms with Gasteiger partial charge in [-0.2, -0.15) is 0 Å². The third kappa shape index (κ3) is 4.96. The molecule has 0 saturated heterocycles. The molecule has 0 aromatic heterocycles. The molecule has 0 fully saturated rings. The summed E-state index contributed by atoms with van der Waals surface area (Å²) in [5.74, 6) is -0.208. The van der Waals surface area contributed by atoms with E-state index in [9.17, 15) is 4.79 Å². The number of ether oxygens (including phenoxy) is 1. The summed E-state index contributed by atoms with van der Waals surface area (Å²) in [6.45, 7) is 4.11. The van der Waals surface area contributed by atoms with Gasteiger partial charge in [-0.05, 0) is 32.0 Å². The second-order valence-corrected chi connectivity index (χ2v) is 5.00. The molecule has 0 spiro atoms. The normalized spacial score (nSPS) is 12.0. The van der Waals surface area contributed by atoms with E-state index in [2.05, 4.69) is 21.2 Å². The summed E-state index contributed by atoms with van der Waals surface area (Å²) in [6.07, 6.45) is 0.320. The fourth-order valence-electron chi connectivity index (χ4n) is 1.39. The average molecular weight is 321 g/mol. The minimum atomic E-state index is -0.208. The number of benzene rings is 1. The Labute approximate surface area is 115 Å². The van der Waals surface area contributed by atoms with Crippen LogP contribution in [-0.4, -0.2) is 18.6 Å². The molecule has 5 heteroatoms. The lowest BCUT2D eigenvalue weighted by Crippen LogP contribution is -2.21. The van der Waals surface area contributed by atoms with E-state index < -0.39 is 0 Å². The molecule has 1 aromatic rings. The highest BCUT2D eigenvalue weighted by Crippen LogP contribution is 2.26. The van der Waals surface area contributed by atoms with Gasteiger partial charge in [-0.1, -0.05) is 27.5 Å². The van der Waals surface area contributed by atoms with E-state index in [1.165, 1.54) is 0 Å². The number of carbonyl (C=O) groups is 1. The van der Waals surface area contributed by atoms with Crippen molar-refractivity contribution >= 4 is 39.2 Å². The van der Waals surface area contributed by atoms with Crippen LogP contribution in [0.5, 0.6) is 0 Å². The molecule has 0 aliphatic carbocycles. The summed E-state index contributed by atoms with van der Waals surface area (Å²) in [7, 11) is 0. The van der Waals surface area contributed by atoms with Crippen molar-refractivity contribution in [3.8, 4) is 0 Å². The molecule has 1 atom stereocenters. The van der Waals surface area contributed by atoms with Crippen molar-refractivity contribution in [3.63, 3.8) is 0 Å². The van der Waals surface area contributed by atoms with Crippen LogP contribution in [0, 0.1) is 0 Å². The molecule has 1 N–H and O–H groups in total. The van der Waals surface area contributed by atoms with Crippen LogP contribution in [0.4, 0.5) is 5.69 Å². The van der Waals surface area contributed by atoms with E-state index in [0.717, 1.165) is 10.2 Å². The summed E-state index contributed by atoms with van der Waals surface area (Å²) in [5, 5.41) is 3.79. The first kappa shape index (κ1) is 14.3. The van der Waals surface area contributed by atoms with Crippen LogP contribution < -0.4 is 5.32 Å².